The summed E-state index contributed by atoms with van der Waals surface area (Å²) in [6, 6.07) is 13.5. The minimum absolute atomic E-state index is 0.0555. The second-order valence-electron chi connectivity index (χ2n) is 4.76. The number of carbonyl (C=O) groups excluding carboxylic acids is 1. The van der Waals surface area contributed by atoms with Gasteiger partial charge < -0.3 is 19.3 Å². The third kappa shape index (κ3) is 5.39. The maximum atomic E-state index is 12.0. The van der Waals surface area contributed by atoms with Crippen LogP contribution < -0.4 is 9.47 Å². The van der Waals surface area contributed by atoms with Gasteiger partial charge in [0.1, 0.15) is 18.1 Å². The summed E-state index contributed by atoms with van der Waals surface area (Å²) in [6.07, 6.45) is 0. The first-order valence-electron chi connectivity index (χ1n) is 7.45. The summed E-state index contributed by atoms with van der Waals surface area (Å²) >= 11 is 0. The maximum Gasteiger partial charge on any atom is 0.343 e. The molecule has 2 aromatic carbocycles. The Hall–Kier alpha value is -2.37. The largest absolute Gasteiger partial charge is 0.491 e. The summed E-state index contributed by atoms with van der Waals surface area (Å²) in [5, 5.41) is 8.98. The molecule has 0 saturated heterocycles. The topological polar surface area (TPSA) is 65.0 Å². The highest BCUT2D eigenvalue weighted by Crippen LogP contribution is 2.19. The van der Waals surface area contributed by atoms with Gasteiger partial charge in [0, 0.05) is 6.61 Å². The fraction of sp³-hybridized carbons (Fsp3) is 0.278. The standard InChI is InChI=1S/C18H20O5/c1-2-21-11-12-22-16-7-9-17(10-8-16)23-18(20)15-5-3-14(13-19)4-6-15/h3-10,19H,2,11-13H2,1H3. The van der Waals surface area contributed by atoms with Gasteiger partial charge in [-0.2, -0.15) is 0 Å². The highest BCUT2D eigenvalue weighted by Gasteiger charge is 2.08. The summed E-state index contributed by atoms with van der Waals surface area (Å²) in [4.78, 5) is 12.0. The van der Waals surface area contributed by atoms with Crippen LogP contribution in [0.4, 0.5) is 0 Å². The van der Waals surface area contributed by atoms with E-state index in [9.17, 15) is 4.79 Å². The Balaban J connectivity index is 1.88. The van der Waals surface area contributed by atoms with Gasteiger partial charge >= 0.3 is 5.97 Å². The summed E-state index contributed by atoms with van der Waals surface area (Å²) in [5.74, 6) is 0.690. The molecule has 5 nitrogen and oxygen atoms in total. The number of hydrogen-bond donors (Lipinski definition) is 1. The molecule has 122 valence electrons. The van der Waals surface area contributed by atoms with Crippen molar-refractivity contribution in [3.8, 4) is 11.5 Å². The molecule has 0 unspecified atom stereocenters. The molecular weight excluding hydrogens is 296 g/mol. The van der Waals surface area contributed by atoms with Crippen molar-refractivity contribution in [2.75, 3.05) is 19.8 Å². The van der Waals surface area contributed by atoms with Crippen LogP contribution in [0.2, 0.25) is 0 Å². The van der Waals surface area contributed by atoms with Crippen molar-refractivity contribution in [3.05, 3.63) is 59.7 Å². The Bertz CT molecular complexity index is 604. The van der Waals surface area contributed by atoms with Crippen molar-refractivity contribution < 1.29 is 24.1 Å². The molecule has 23 heavy (non-hydrogen) atoms. The molecule has 2 aromatic rings. The number of aliphatic hydroxyl groups excluding tert-OH is 1. The van der Waals surface area contributed by atoms with E-state index in [1.807, 2.05) is 6.92 Å². The van der Waals surface area contributed by atoms with Gasteiger partial charge in [0.05, 0.1) is 18.8 Å². The monoisotopic (exact) mass is 316 g/mol. The molecule has 0 aliphatic heterocycles. The fourth-order valence-electron chi connectivity index (χ4n) is 1.88. The Morgan fingerprint density at radius 2 is 1.61 bits per heavy atom. The Labute approximate surface area is 135 Å². The van der Waals surface area contributed by atoms with E-state index in [-0.39, 0.29) is 6.61 Å². The van der Waals surface area contributed by atoms with E-state index in [1.54, 1.807) is 48.5 Å². The number of esters is 1. The van der Waals surface area contributed by atoms with Gasteiger partial charge in [-0.1, -0.05) is 12.1 Å². The first-order valence-corrected chi connectivity index (χ1v) is 7.45. The molecule has 0 heterocycles. The van der Waals surface area contributed by atoms with Crippen LogP contribution >= 0.6 is 0 Å². The van der Waals surface area contributed by atoms with Crippen molar-refractivity contribution >= 4 is 5.97 Å². The zero-order valence-corrected chi connectivity index (χ0v) is 13.0. The highest BCUT2D eigenvalue weighted by molar-refractivity contribution is 5.91. The lowest BCUT2D eigenvalue weighted by Crippen LogP contribution is -2.09. The Morgan fingerprint density at radius 3 is 2.22 bits per heavy atom. The van der Waals surface area contributed by atoms with E-state index >= 15 is 0 Å². The van der Waals surface area contributed by atoms with Crippen molar-refractivity contribution in [2.45, 2.75) is 13.5 Å². The van der Waals surface area contributed by atoms with Crippen LogP contribution in [0, 0.1) is 0 Å². The van der Waals surface area contributed by atoms with Crippen LogP contribution in [-0.4, -0.2) is 30.9 Å². The van der Waals surface area contributed by atoms with Gasteiger partial charge in [0.15, 0.2) is 0 Å². The summed E-state index contributed by atoms with van der Waals surface area (Å²) in [6.45, 7) is 3.55. The van der Waals surface area contributed by atoms with Crippen LogP contribution in [0.15, 0.2) is 48.5 Å². The number of benzene rings is 2. The number of aliphatic hydroxyl groups is 1. The zero-order chi connectivity index (χ0) is 16.5. The number of rotatable bonds is 8. The van der Waals surface area contributed by atoms with E-state index in [1.165, 1.54) is 0 Å². The predicted octanol–water partition coefficient (Wildman–Crippen LogP) is 2.81. The van der Waals surface area contributed by atoms with Gasteiger partial charge in [0.25, 0.3) is 0 Å². The van der Waals surface area contributed by atoms with E-state index in [2.05, 4.69) is 0 Å². The van der Waals surface area contributed by atoms with Crippen molar-refractivity contribution in [1.82, 2.24) is 0 Å². The molecule has 5 heteroatoms. The number of carbonyl (C=O) groups is 1. The predicted molar refractivity (Wildman–Crippen MR) is 85.8 cm³/mol. The molecule has 2 rings (SSSR count). The number of hydrogen-bond acceptors (Lipinski definition) is 5. The molecule has 0 spiro atoms. The second-order valence-corrected chi connectivity index (χ2v) is 4.76. The van der Waals surface area contributed by atoms with Crippen molar-refractivity contribution in [3.63, 3.8) is 0 Å². The quantitative estimate of drug-likeness (QED) is 0.461. The van der Waals surface area contributed by atoms with Gasteiger partial charge in [-0.25, -0.2) is 4.79 Å². The highest BCUT2D eigenvalue weighted by atomic mass is 16.5. The summed E-state index contributed by atoms with van der Waals surface area (Å²) in [7, 11) is 0. The van der Waals surface area contributed by atoms with Crippen LogP contribution in [0.3, 0.4) is 0 Å². The Kier molecular flexibility index (Phi) is 6.59. The number of ether oxygens (including phenoxy) is 3. The first-order chi connectivity index (χ1) is 11.2. The molecule has 0 amide bonds. The average molecular weight is 316 g/mol. The molecule has 0 bridgehead atoms. The molecule has 1 N–H and O–H groups in total. The fourth-order valence-corrected chi connectivity index (χ4v) is 1.88. The van der Waals surface area contributed by atoms with Gasteiger partial charge in [-0.15, -0.1) is 0 Å². The second kappa shape index (κ2) is 8.92. The van der Waals surface area contributed by atoms with Crippen molar-refractivity contribution in [2.24, 2.45) is 0 Å². The molecule has 0 aromatic heterocycles. The van der Waals surface area contributed by atoms with Crippen molar-refractivity contribution in [1.29, 1.82) is 0 Å². The molecule has 0 radical (unpaired) electrons. The zero-order valence-electron chi connectivity index (χ0n) is 13.0. The van der Waals surface area contributed by atoms with E-state index in [4.69, 9.17) is 19.3 Å². The van der Waals surface area contributed by atoms with Gasteiger partial charge in [-0.3, -0.25) is 0 Å². The van der Waals surface area contributed by atoms with Crippen LogP contribution in [0.25, 0.3) is 0 Å². The maximum absolute atomic E-state index is 12.0. The third-order valence-electron chi connectivity index (χ3n) is 3.11. The minimum Gasteiger partial charge on any atom is -0.491 e. The van der Waals surface area contributed by atoms with Gasteiger partial charge in [-0.05, 0) is 48.9 Å². The average Bonchev–Trinajstić information content (AvgIpc) is 2.60. The summed E-state index contributed by atoms with van der Waals surface area (Å²) < 4.78 is 16.0. The summed E-state index contributed by atoms with van der Waals surface area (Å²) in [5.41, 5.74) is 1.18. The lowest BCUT2D eigenvalue weighted by Gasteiger charge is -2.08. The third-order valence-corrected chi connectivity index (χ3v) is 3.11. The lowest BCUT2D eigenvalue weighted by atomic mass is 10.1. The van der Waals surface area contributed by atoms with E-state index < -0.39 is 5.97 Å². The lowest BCUT2D eigenvalue weighted by molar-refractivity contribution is 0.0734. The normalized spacial score (nSPS) is 10.3. The molecule has 0 fully saturated rings. The molecule has 0 atom stereocenters. The van der Waals surface area contributed by atoms with Crippen LogP contribution in [0.5, 0.6) is 11.5 Å². The van der Waals surface area contributed by atoms with Gasteiger partial charge in [0.2, 0.25) is 0 Å². The van der Waals surface area contributed by atoms with Crippen LogP contribution in [-0.2, 0) is 11.3 Å². The smallest absolute Gasteiger partial charge is 0.343 e. The minimum atomic E-state index is -0.445. The molecular formula is C18H20O5. The molecule has 0 aliphatic carbocycles. The SMILES string of the molecule is CCOCCOc1ccc(OC(=O)c2ccc(CO)cc2)cc1. The van der Waals surface area contributed by atoms with E-state index in [0.717, 1.165) is 5.56 Å². The molecule has 0 aliphatic rings. The Morgan fingerprint density at radius 1 is 0.957 bits per heavy atom. The van der Waals surface area contributed by atoms with E-state index in [0.29, 0.717) is 36.9 Å². The molecule has 0 saturated carbocycles. The first kappa shape index (κ1) is 17.0. The van der Waals surface area contributed by atoms with Crippen LogP contribution in [0.1, 0.15) is 22.8 Å².